The number of carbonyl (C=O) groups is 1. The van der Waals surface area contributed by atoms with Crippen LogP contribution in [-0.4, -0.2) is 34.3 Å². The van der Waals surface area contributed by atoms with E-state index in [0.29, 0.717) is 34.0 Å². The van der Waals surface area contributed by atoms with Crippen molar-refractivity contribution in [3.8, 4) is 28.1 Å². The van der Waals surface area contributed by atoms with Crippen LogP contribution in [0.25, 0.3) is 33.3 Å². The second-order valence-corrected chi connectivity index (χ2v) is 9.40. The summed E-state index contributed by atoms with van der Waals surface area (Å²) in [7, 11) is 0. The van der Waals surface area contributed by atoms with Gasteiger partial charge in [0.15, 0.2) is 0 Å². The average molecular weight is 474 g/mol. The number of ether oxygens (including phenoxy) is 1. The van der Waals surface area contributed by atoms with Gasteiger partial charge in [-0.2, -0.15) is 0 Å². The molecule has 0 atom stereocenters. The number of pyridine rings is 2. The first-order chi connectivity index (χ1) is 16.5. The first-order valence-electron chi connectivity index (χ1n) is 11.0. The minimum atomic E-state index is -0.380. The average Bonchev–Trinajstić information content (AvgIpc) is 2.87. The Balaban J connectivity index is 1.48. The van der Waals surface area contributed by atoms with Crippen LogP contribution in [0.5, 0.6) is 5.75 Å². The number of fused-ring (bicyclic) bond motifs is 1. The fraction of sp³-hybridized carbons (Fsp3) is 0.192. The van der Waals surface area contributed by atoms with E-state index in [0.717, 1.165) is 29.0 Å². The van der Waals surface area contributed by atoms with Gasteiger partial charge in [-0.05, 0) is 35.4 Å². The Morgan fingerprint density at radius 1 is 1.03 bits per heavy atom. The van der Waals surface area contributed by atoms with Gasteiger partial charge in [-0.3, -0.25) is 19.9 Å². The van der Waals surface area contributed by atoms with E-state index in [1.807, 2.05) is 48.5 Å². The van der Waals surface area contributed by atoms with Crippen molar-refractivity contribution in [2.75, 3.05) is 13.2 Å². The summed E-state index contributed by atoms with van der Waals surface area (Å²) in [4.78, 5) is 21.1. The number of hydrogen-bond donors (Lipinski definition) is 3. The summed E-state index contributed by atoms with van der Waals surface area (Å²) in [6.07, 6.45) is 3.27. The van der Waals surface area contributed by atoms with E-state index in [9.17, 15) is 4.79 Å². The molecule has 0 aliphatic rings. The third kappa shape index (κ3) is 5.72. The quantitative estimate of drug-likeness (QED) is 0.107. The van der Waals surface area contributed by atoms with E-state index in [4.69, 9.17) is 15.6 Å². The van der Waals surface area contributed by atoms with Crippen LogP contribution in [0.1, 0.15) is 24.2 Å². The number of amides is 1. The summed E-state index contributed by atoms with van der Waals surface area (Å²) in [6.45, 7) is 5.71. The largest absolute Gasteiger partial charge is 0.492 e. The van der Waals surface area contributed by atoms with E-state index in [1.165, 1.54) is 0 Å². The SMILES string of the molecule is CC(C)SNCCOc1ccc(-c2ccc(-c3cc(C(=O)NN)c4cnccc4n3)cc2)cc1. The number of hydrogen-bond acceptors (Lipinski definition) is 7. The number of nitrogens with zero attached hydrogens (tertiary/aromatic N) is 2. The third-order valence-corrected chi connectivity index (χ3v) is 5.99. The molecule has 2 heterocycles. The van der Waals surface area contributed by atoms with E-state index < -0.39 is 0 Å². The molecule has 7 nitrogen and oxygen atoms in total. The molecule has 34 heavy (non-hydrogen) atoms. The maximum Gasteiger partial charge on any atom is 0.265 e. The van der Waals surface area contributed by atoms with Gasteiger partial charge in [0.25, 0.3) is 5.91 Å². The molecule has 0 aliphatic heterocycles. The molecule has 0 saturated carbocycles. The topological polar surface area (TPSA) is 102 Å². The van der Waals surface area contributed by atoms with Gasteiger partial charge < -0.3 is 4.74 Å². The van der Waals surface area contributed by atoms with Crippen molar-refractivity contribution in [2.24, 2.45) is 5.84 Å². The molecule has 0 saturated heterocycles. The molecular weight excluding hydrogens is 446 g/mol. The van der Waals surface area contributed by atoms with Crippen LogP contribution in [0.4, 0.5) is 0 Å². The molecule has 0 unspecified atom stereocenters. The highest BCUT2D eigenvalue weighted by Crippen LogP contribution is 2.28. The molecule has 2 aromatic carbocycles. The second-order valence-electron chi connectivity index (χ2n) is 7.93. The van der Waals surface area contributed by atoms with Crippen molar-refractivity contribution in [3.05, 3.63) is 78.6 Å². The standard InChI is InChI=1S/C26H27N5O2S/c1-17(2)34-29-13-14-33-21-9-7-19(8-10-21)18-3-5-20(6-4-18)25-15-22(26(32)31-27)23-16-28-12-11-24(23)30-25/h3-12,15-17,29H,13-14,27H2,1-2H3,(H,31,32). The summed E-state index contributed by atoms with van der Waals surface area (Å²) < 4.78 is 9.09. The Labute approximate surface area is 203 Å². The van der Waals surface area contributed by atoms with Crippen LogP contribution in [-0.2, 0) is 0 Å². The van der Waals surface area contributed by atoms with E-state index in [1.54, 1.807) is 36.5 Å². The lowest BCUT2D eigenvalue weighted by Crippen LogP contribution is -2.30. The lowest BCUT2D eigenvalue weighted by atomic mass is 10.0. The van der Waals surface area contributed by atoms with E-state index in [-0.39, 0.29) is 5.91 Å². The predicted octanol–water partition coefficient (Wildman–Crippen LogP) is 4.59. The summed E-state index contributed by atoms with van der Waals surface area (Å²) in [5.41, 5.74) is 7.09. The van der Waals surface area contributed by atoms with Crippen molar-refractivity contribution in [1.82, 2.24) is 20.1 Å². The van der Waals surface area contributed by atoms with E-state index >= 15 is 0 Å². The fourth-order valence-corrected chi connectivity index (χ4v) is 4.03. The van der Waals surface area contributed by atoms with Crippen molar-refractivity contribution in [1.29, 1.82) is 0 Å². The Morgan fingerprint density at radius 2 is 1.71 bits per heavy atom. The van der Waals surface area contributed by atoms with Gasteiger partial charge >= 0.3 is 0 Å². The van der Waals surface area contributed by atoms with Crippen molar-refractivity contribution in [3.63, 3.8) is 0 Å². The van der Waals surface area contributed by atoms with E-state index in [2.05, 4.69) is 29.0 Å². The van der Waals surface area contributed by atoms with Crippen LogP contribution in [0.3, 0.4) is 0 Å². The minimum absolute atomic E-state index is 0.380. The van der Waals surface area contributed by atoms with Crippen LogP contribution in [0, 0.1) is 0 Å². The number of aromatic nitrogens is 2. The zero-order chi connectivity index (χ0) is 23.9. The molecule has 0 fully saturated rings. The Morgan fingerprint density at radius 3 is 2.38 bits per heavy atom. The monoisotopic (exact) mass is 473 g/mol. The van der Waals surface area contributed by atoms with Gasteiger partial charge in [0.05, 0.1) is 16.8 Å². The normalized spacial score (nSPS) is 11.1. The van der Waals surface area contributed by atoms with Gasteiger partial charge in [0.1, 0.15) is 12.4 Å². The van der Waals surface area contributed by atoms with Gasteiger partial charge in [-0.1, -0.05) is 62.2 Å². The second kappa shape index (κ2) is 11.1. The molecule has 4 rings (SSSR count). The summed E-state index contributed by atoms with van der Waals surface area (Å²) >= 11 is 1.71. The molecule has 4 N–H and O–H groups in total. The van der Waals surface area contributed by atoms with Gasteiger partial charge in [-0.15, -0.1) is 0 Å². The Hall–Kier alpha value is -3.46. The summed E-state index contributed by atoms with van der Waals surface area (Å²) in [5.74, 6) is 5.84. The number of rotatable bonds is 9. The number of hydrazine groups is 1. The smallest absolute Gasteiger partial charge is 0.265 e. The third-order valence-electron chi connectivity index (χ3n) is 5.15. The number of nitrogens with two attached hydrogens (primary N) is 1. The number of carbonyl (C=O) groups excluding carboxylic acids is 1. The number of nitrogens with one attached hydrogen (secondary N) is 2. The van der Waals surface area contributed by atoms with Crippen LogP contribution in [0.2, 0.25) is 0 Å². The molecular formula is C26H27N5O2S. The molecule has 8 heteroatoms. The highest BCUT2D eigenvalue weighted by Gasteiger charge is 2.13. The summed E-state index contributed by atoms with van der Waals surface area (Å²) in [6, 6.07) is 19.7. The molecule has 0 bridgehead atoms. The lowest BCUT2D eigenvalue weighted by molar-refractivity contribution is 0.0955. The van der Waals surface area contributed by atoms with Gasteiger partial charge in [0.2, 0.25) is 0 Å². The molecule has 174 valence electrons. The highest BCUT2D eigenvalue weighted by atomic mass is 32.2. The highest BCUT2D eigenvalue weighted by molar-refractivity contribution is 7.97. The molecule has 0 spiro atoms. The van der Waals surface area contributed by atoms with Gasteiger partial charge in [0, 0.05) is 35.1 Å². The molecule has 0 radical (unpaired) electrons. The number of nitrogen functional groups attached to an aromatic ring is 1. The van der Waals surface area contributed by atoms with Gasteiger partial charge in [-0.25, -0.2) is 10.8 Å². The molecule has 1 amide bonds. The first-order valence-corrected chi connectivity index (χ1v) is 11.9. The zero-order valence-corrected chi connectivity index (χ0v) is 19.9. The van der Waals surface area contributed by atoms with Crippen molar-refractivity contribution >= 4 is 28.8 Å². The van der Waals surface area contributed by atoms with Crippen LogP contribution < -0.4 is 20.7 Å². The Kier molecular flexibility index (Phi) is 7.74. The van der Waals surface area contributed by atoms with Crippen molar-refractivity contribution in [2.45, 2.75) is 19.1 Å². The first kappa shape index (κ1) is 23.7. The van der Waals surface area contributed by atoms with Crippen molar-refractivity contribution < 1.29 is 9.53 Å². The maximum atomic E-state index is 12.3. The van der Waals surface area contributed by atoms with Crippen LogP contribution >= 0.6 is 11.9 Å². The lowest BCUT2D eigenvalue weighted by Gasteiger charge is -2.10. The molecule has 4 aromatic rings. The molecule has 0 aliphatic carbocycles. The number of benzene rings is 2. The predicted molar refractivity (Wildman–Crippen MR) is 138 cm³/mol. The zero-order valence-electron chi connectivity index (χ0n) is 19.1. The molecule has 2 aromatic heterocycles. The fourth-order valence-electron chi connectivity index (χ4n) is 3.50. The van der Waals surface area contributed by atoms with Crippen LogP contribution in [0.15, 0.2) is 73.1 Å². The minimum Gasteiger partial charge on any atom is -0.492 e. The maximum absolute atomic E-state index is 12.3. The summed E-state index contributed by atoms with van der Waals surface area (Å²) in [5, 5.41) is 1.20. The Bertz CT molecular complexity index is 1260.